The van der Waals surface area contributed by atoms with E-state index in [0.29, 0.717) is 29.6 Å². The van der Waals surface area contributed by atoms with Crippen molar-refractivity contribution < 1.29 is 17.9 Å². The molecule has 0 bridgehead atoms. The fourth-order valence-corrected chi connectivity index (χ4v) is 3.58. The van der Waals surface area contributed by atoms with Crippen LogP contribution in [0.15, 0.2) is 47.4 Å². The third-order valence-electron chi connectivity index (χ3n) is 3.74. The molecule has 3 rings (SSSR count). The number of benzene rings is 2. The van der Waals surface area contributed by atoms with Crippen LogP contribution in [-0.2, 0) is 16.6 Å². The molecule has 1 heterocycles. The van der Waals surface area contributed by atoms with Gasteiger partial charge in [0.25, 0.3) is 0 Å². The summed E-state index contributed by atoms with van der Waals surface area (Å²) in [6.45, 7) is 3.24. The van der Waals surface area contributed by atoms with Gasteiger partial charge in [0.15, 0.2) is 11.5 Å². The molecular formula is C17H19NO4S. The zero-order valence-corrected chi connectivity index (χ0v) is 14.0. The lowest BCUT2D eigenvalue weighted by Crippen LogP contribution is -2.26. The van der Waals surface area contributed by atoms with Crippen molar-refractivity contribution in [1.82, 2.24) is 4.31 Å². The summed E-state index contributed by atoms with van der Waals surface area (Å²) in [6.07, 6.45) is 0. The fraction of sp³-hybridized carbons (Fsp3) is 0.294. The van der Waals surface area contributed by atoms with Gasteiger partial charge in [-0.1, -0.05) is 23.8 Å². The quantitative estimate of drug-likeness (QED) is 0.863. The van der Waals surface area contributed by atoms with Crippen molar-refractivity contribution in [2.24, 2.45) is 0 Å². The Kier molecular flexibility index (Phi) is 4.28. The Morgan fingerprint density at radius 2 is 1.65 bits per heavy atom. The van der Waals surface area contributed by atoms with Crippen LogP contribution in [0.3, 0.4) is 0 Å². The number of nitrogens with zero attached hydrogens (tertiary/aromatic N) is 1. The van der Waals surface area contributed by atoms with Gasteiger partial charge in [-0.25, -0.2) is 8.42 Å². The molecular weight excluding hydrogens is 314 g/mol. The van der Waals surface area contributed by atoms with E-state index >= 15 is 0 Å². The van der Waals surface area contributed by atoms with E-state index in [1.807, 2.05) is 25.1 Å². The van der Waals surface area contributed by atoms with E-state index in [1.54, 1.807) is 31.3 Å². The molecule has 0 aliphatic carbocycles. The third-order valence-corrected chi connectivity index (χ3v) is 5.56. The second-order valence-corrected chi connectivity index (χ2v) is 7.60. The zero-order valence-electron chi connectivity index (χ0n) is 13.2. The SMILES string of the molecule is Cc1ccc(S(=O)(=O)N(C)Cc2ccc3c(c2)OCCO3)cc1. The molecule has 0 radical (unpaired) electrons. The van der Waals surface area contributed by atoms with E-state index < -0.39 is 10.0 Å². The molecule has 0 fully saturated rings. The highest BCUT2D eigenvalue weighted by Gasteiger charge is 2.21. The molecule has 6 heteroatoms. The molecule has 0 unspecified atom stereocenters. The fourth-order valence-electron chi connectivity index (χ4n) is 2.42. The lowest BCUT2D eigenvalue weighted by Gasteiger charge is -2.21. The number of rotatable bonds is 4. The van der Waals surface area contributed by atoms with Gasteiger partial charge in [-0.15, -0.1) is 0 Å². The molecule has 1 aliphatic heterocycles. The number of sulfonamides is 1. The van der Waals surface area contributed by atoms with Crippen LogP contribution in [0.2, 0.25) is 0 Å². The highest BCUT2D eigenvalue weighted by atomic mass is 32.2. The predicted octanol–water partition coefficient (Wildman–Crippen LogP) is 2.59. The van der Waals surface area contributed by atoms with Crippen LogP contribution in [0.4, 0.5) is 0 Å². The van der Waals surface area contributed by atoms with E-state index in [9.17, 15) is 8.42 Å². The van der Waals surface area contributed by atoms with Gasteiger partial charge in [0.05, 0.1) is 4.90 Å². The second kappa shape index (κ2) is 6.22. The highest BCUT2D eigenvalue weighted by Crippen LogP contribution is 2.31. The molecule has 1 aliphatic rings. The first-order chi connectivity index (χ1) is 11.0. The summed E-state index contributed by atoms with van der Waals surface area (Å²) in [7, 11) is -1.94. The molecule has 0 aromatic heterocycles. The Labute approximate surface area is 136 Å². The van der Waals surface area contributed by atoms with Crippen LogP contribution >= 0.6 is 0 Å². The Bertz CT molecular complexity index is 800. The molecule has 0 saturated heterocycles. The average Bonchev–Trinajstić information content (AvgIpc) is 2.55. The average molecular weight is 333 g/mol. The number of aryl methyl sites for hydroxylation is 1. The van der Waals surface area contributed by atoms with Gasteiger partial charge in [0.1, 0.15) is 13.2 Å². The van der Waals surface area contributed by atoms with Crippen LogP contribution in [0.5, 0.6) is 11.5 Å². The van der Waals surface area contributed by atoms with Crippen molar-refractivity contribution in [1.29, 1.82) is 0 Å². The number of fused-ring (bicyclic) bond motifs is 1. The van der Waals surface area contributed by atoms with E-state index in [1.165, 1.54) is 4.31 Å². The predicted molar refractivity (Wildman–Crippen MR) is 87.3 cm³/mol. The minimum Gasteiger partial charge on any atom is -0.486 e. The molecule has 122 valence electrons. The Morgan fingerprint density at radius 3 is 2.35 bits per heavy atom. The minimum absolute atomic E-state index is 0.271. The molecule has 2 aromatic rings. The van der Waals surface area contributed by atoms with Crippen molar-refractivity contribution in [3.63, 3.8) is 0 Å². The van der Waals surface area contributed by atoms with Crippen molar-refractivity contribution in [2.45, 2.75) is 18.4 Å². The molecule has 0 atom stereocenters. The molecule has 0 saturated carbocycles. The summed E-state index contributed by atoms with van der Waals surface area (Å²) in [5.41, 5.74) is 1.88. The van der Waals surface area contributed by atoms with Gasteiger partial charge in [-0.2, -0.15) is 4.31 Å². The molecule has 2 aromatic carbocycles. The Balaban J connectivity index is 1.80. The standard InChI is InChI=1S/C17H19NO4S/c1-13-3-6-15(7-4-13)23(19,20)18(2)12-14-5-8-16-17(11-14)22-10-9-21-16/h3-8,11H,9-10,12H2,1-2H3. The second-order valence-electron chi connectivity index (χ2n) is 5.55. The van der Waals surface area contributed by atoms with Crippen molar-refractivity contribution in [3.8, 4) is 11.5 Å². The highest BCUT2D eigenvalue weighted by molar-refractivity contribution is 7.89. The Morgan fingerprint density at radius 1 is 1.00 bits per heavy atom. The minimum atomic E-state index is -3.51. The first-order valence-electron chi connectivity index (χ1n) is 7.38. The van der Waals surface area contributed by atoms with Crippen LogP contribution in [0, 0.1) is 6.92 Å². The smallest absolute Gasteiger partial charge is 0.243 e. The normalized spacial score (nSPS) is 14.0. The van der Waals surface area contributed by atoms with Gasteiger partial charge in [-0.3, -0.25) is 0 Å². The van der Waals surface area contributed by atoms with Crippen molar-refractivity contribution >= 4 is 10.0 Å². The molecule has 0 amide bonds. The number of hydrogen-bond acceptors (Lipinski definition) is 4. The van der Waals surface area contributed by atoms with Crippen LogP contribution in [0.1, 0.15) is 11.1 Å². The van der Waals surface area contributed by atoms with Gasteiger partial charge in [0.2, 0.25) is 10.0 Å². The number of ether oxygens (including phenoxy) is 2. The van der Waals surface area contributed by atoms with Gasteiger partial charge >= 0.3 is 0 Å². The summed E-state index contributed by atoms with van der Waals surface area (Å²) in [4.78, 5) is 0.295. The maximum absolute atomic E-state index is 12.6. The number of hydrogen-bond donors (Lipinski definition) is 0. The summed E-state index contributed by atoms with van der Waals surface area (Å²) in [5.74, 6) is 1.36. The summed E-state index contributed by atoms with van der Waals surface area (Å²) < 4.78 is 37.6. The third kappa shape index (κ3) is 3.33. The van der Waals surface area contributed by atoms with E-state index in [0.717, 1.165) is 11.1 Å². The van der Waals surface area contributed by atoms with Crippen LogP contribution in [-0.4, -0.2) is 33.0 Å². The van der Waals surface area contributed by atoms with Gasteiger partial charge < -0.3 is 9.47 Å². The first kappa shape index (κ1) is 15.8. The largest absolute Gasteiger partial charge is 0.486 e. The lowest BCUT2D eigenvalue weighted by atomic mass is 10.2. The first-order valence-corrected chi connectivity index (χ1v) is 8.82. The monoisotopic (exact) mass is 333 g/mol. The summed E-state index contributed by atoms with van der Waals surface area (Å²) in [5, 5.41) is 0. The van der Waals surface area contributed by atoms with E-state index in [2.05, 4.69) is 0 Å². The molecule has 23 heavy (non-hydrogen) atoms. The van der Waals surface area contributed by atoms with Crippen LogP contribution < -0.4 is 9.47 Å². The van der Waals surface area contributed by atoms with E-state index in [-0.39, 0.29) is 6.54 Å². The maximum Gasteiger partial charge on any atom is 0.243 e. The van der Waals surface area contributed by atoms with Crippen molar-refractivity contribution in [3.05, 3.63) is 53.6 Å². The van der Waals surface area contributed by atoms with Gasteiger partial charge in [-0.05, 0) is 36.8 Å². The summed E-state index contributed by atoms with van der Waals surface area (Å²) in [6, 6.07) is 12.4. The van der Waals surface area contributed by atoms with Gasteiger partial charge in [0, 0.05) is 13.6 Å². The maximum atomic E-state index is 12.6. The van der Waals surface area contributed by atoms with Crippen LogP contribution in [0.25, 0.3) is 0 Å². The van der Waals surface area contributed by atoms with E-state index in [4.69, 9.17) is 9.47 Å². The zero-order chi connectivity index (χ0) is 16.4. The lowest BCUT2D eigenvalue weighted by molar-refractivity contribution is 0.171. The Hall–Kier alpha value is -2.05. The summed E-state index contributed by atoms with van der Waals surface area (Å²) >= 11 is 0. The van der Waals surface area contributed by atoms with Crippen molar-refractivity contribution in [2.75, 3.05) is 20.3 Å². The molecule has 5 nitrogen and oxygen atoms in total. The molecule has 0 N–H and O–H groups in total. The molecule has 0 spiro atoms. The topological polar surface area (TPSA) is 55.8 Å².